The van der Waals surface area contributed by atoms with E-state index in [1.165, 1.54) is 0 Å². The van der Waals surface area contributed by atoms with Crippen LogP contribution in [0.2, 0.25) is 0 Å². The number of hydrogen-bond acceptors (Lipinski definition) is 3. The van der Waals surface area contributed by atoms with Crippen molar-refractivity contribution < 1.29 is 4.79 Å². The number of nitrogens with zero attached hydrogens (tertiary/aromatic N) is 4. The van der Waals surface area contributed by atoms with Gasteiger partial charge in [0.05, 0.1) is 17.1 Å². The van der Waals surface area contributed by atoms with E-state index in [0.717, 1.165) is 53.4 Å². The fourth-order valence-electron chi connectivity index (χ4n) is 3.86. The Balaban J connectivity index is 1.49. The van der Waals surface area contributed by atoms with E-state index in [2.05, 4.69) is 10.4 Å². The SMILES string of the molecule is Cc1cc(C(=O)Nc2c3c(nn2-c2ccccc2)CCC3)nn1-c1ccccc1. The van der Waals surface area contributed by atoms with Crippen molar-refractivity contribution in [3.05, 3.63) is 89.4 Å². The maximum absolute atomic E-state index is 13.1. The van der Waals surface area contributed by atoms with E-state index >= 15 is 0 Å². The summed E-state index contributed by atoms with van der Waals surface area (Å²) in [5.41, 5.74) is 5.35. The number of amides is 1. The molecular weight excluding hydrogens is 362 g/mol. The van der Waals surface area contributed by atoms with Crippen LogP contribution in [0.4, 0.5) is 5.82 Å². The van der Waals surface area contributed by atoms with Crippen LogP contribution in [0.5, 0.6) is 0 Å². The van der Waals surface area contributed by atoms with Crippen LogP contribution in [0.15, 0.2) is 66.7 Å². The Morgan fingerprint density at radius 3 is 2.24 bits per heavy atom. The molecule has 0 radical (unpaired) electrons. The van der Waals surface area contributed by atoms with Gasteiger partial charge in [-0.2, -0.15) is 10.2 Å². The summed E-state index contributed by atoms with van der Waals surface area (Å²) < 4.78 is 3.62. The van der Waals surface area contributed by atoms with Crippen LogP contribution in [0, 0.1) is 6.92 Å². The van der Waals surface area contributed by atoms with E-state index in [1.807, 2.05) is 78.3 Å². The predicted octanol–water partition coefficient (Wildman–Crippen LogP) is 4.11. The van der Waals surface area contributed by atoms with E-state index < -0.39 is 0 Å². The summed E-state index contributed by atoms with van der Waals surface area (Å²) in [5, 5.41) is 12.4. The lowest BCUT2D eigenvalue weighted by atomic mass is 10.2. The van der Waals surface area contributed by atoms with Gasteiger partial charge in [0.15, 0.2) is 5.69 Å². The smallest absolute Gasteiger partial charge is 0.277 e. The molecule has 1 aliphatic rings. The van der Waals surface area contributed by atoms with Crippen molar-refractivity contribution in [3.8, 4) is 11.4 Å². The molecule has 6 heteroatoms. The number of carbonyl (C=O) groups is 1. The number of hydrogen-bond donors (Lipinski definition) is 1. The first-order valence-electron chi connectivity index (χ1n) is 9.80. The third-order valence-electron chi connectivity index (χ3n) is 5.26. The van der Waals surface area contributed by atoms with Crippen LogP contribution in [0.1, 0.15) is 33.9 Å². The zero-order chi connectivity index (χ0) is 19.8. The number of aromatic nitrogens is 4. The van der Waals surface area contributed by atoms with E-state index in [0.29, 0.717) is 5.69 Å². The Kier molecular flexibility index (Phi) is 4.24. The zero-order valence-corrected chi connectivity index (χ0v) is 16.2. The monoisotopic (exact) mass is 383 g/mol. The van der Waals surface area contributed by atoms with Crippen molar-refractivity contribution in [3.63, 3.8) is 0 Å². The largest absolute Gasteiger partial charge is 0.305 e. The van der Waals surface area contributed by atoms with Crippen molar-refractivity contribution >= 4 is 11.7 Å². The highest BCUT2D eigenvalue weighted by atomic mass is 16.2. The second kappa shape index (κ2) is 7.05. The van der Waals surface area contributed by atoms with Gasteiger partial charge in [0.25, 0.3) is 5.91 Å². The van der Waals surface area contributed by atoms with Gasteiger partial charge in [0.1, 0.15) is 5.82 Å². The summed E-state index contributed by atoms with van der Waals surface area (Å²) in [6.07, 6.45) is 2.94. The molecule has 4 aromatic rings. The lowest BCUT2D eigenvalue weighted by molar-refractivity contribution is 0.102. The molecule has 1 amide bonds. The Hall–Kier alpha value is -3.67. The van der Waals surface area contributed by atoms with Crippen LogP contribution in [0.25, 0.3) is 11.4 Å². The number of anilines is 1. The molecule has 1 N–H and O–H groups in total. The fraction of sp³-hybridized carbons (Fsp3) is 0.174. The van der Waals surface area contributed by atoms with Gasteiger partial charge in [-0.15, -0.1) is 0 Å². The molecule has 0 spiro atoms. The summed E-state index contributed by atoms with van der Waals surface area (Å²) in [6, 6.07) is 21.5. The number of fused-ring (bicyclic) bond motifs is 1. The second-order valence-electron chi connectivity index (χ2n) is 7.25. The van der Waals surface area contributed by atoms with Crippen LogP contribution in [-0.2, 0) is 12.8 Å². The number of carbonyl (C=O) groups excluding carboxylic acids is 1. The molecule has 2 aromatic carbocycles. The van der Waals surface area contributed by atoms with Gasteiger partial charge in [-0.3, -0.25) is 4.79 Å². The number of para-hydroxylation sites is 2. The average molecular weight is 383 g/mol. The average Bonchev–Trinajstić information content (AvgIpc) is 3.45. The maximum atomic E-state index is 13.1. The molecular formula is C23H21N5O. The zero-order valence-electron chi connectivity index (χ0n) is 16.2. The molecule has 0 unspecified atom stereocenters. The highest BCUT2D eigenvalue weighted by molar-refractivity contribution is 6.03. The Labute approximate surface area is 168 Å². The molecule has 29 heavy (non-hydrogen) atoms. The van der Waals surface area contributed by atoms with E-state index in [-0.39, 0.29) is 5.91 Å². The minimum absolute atomic E-state index is 0.227. The standard InChI is InChI=1S/C23H21N5O/c1-16-15-21(26-27(16)17-9-4-2-5-10-17)23(29)24-22-19-13-8-14-20(19)25-28(22)18-11-6-3-7-12-18/h2-7,9-12,15H,8,13-14H2,1H3,(H,24,29). The van der Waals surface area contributed by atoms with Gasteiger partial charge in [-0.1, -0.05) is 36.4 Å². The summed E-state index contributed by atoms with van der Waals surface area (Å²) in [4.78, 5) is 13.1. The van der Waals surface area contributed by atoms with Gasteiger partial charge in [-0.05, 0) is 56.5 Å². The fourth-order valence-corrected chi connectivity index (χ4v) is 3.86. The van der Waals surface area contributed by atoms with Gasteiger partial charge >= 0.3 is 0 Å². The van der Waals surface area contributed by atoms with Crippen LogP contribution in [-0.4, -0.2) is 25.5 Å². The highest BCUT2D eigenvalue weighted by Gasteiger charge is 2.25. The first kappa shape index (κ1) is 17.4. The van der Waals surface area contributed by atoms with Crippen molar-refractivity contribution in [2.75, 3.05) is 5.32 Å². The molecule has 0 atom stereocenters. The number of aryl methyl sites for hydroxylation is 2. The Morgan fingerprint density at radius 1 is 0.897 bits per heavy atom. The minimum Gasteiger partial charge on any atom is -0.305 e. The molecule has 1 aliphatic carbocycles. The Bertz CT molecular complexity index is 1170. The minimum atomic E-state index is -0.227. The molecule has 2 aromatic heterocycles. The molecule has 5 rings (SSSR count). The topological polar surface area (TPSA) is 64.7 Å². The summed E-state index contributed by atoms with van der Waals surface area (Å²) in [7, 11) is 0. The van der Waals surface area contributed by atoms with E-state index in [4.69, 9.17) is 5.10 Å². The van der Waals surface area contributed by atoms with Gasteiger partial charge in [0, 0.05) is 11.3 Å². The summed E-state index contributed by atoms with van der Waals surface area (Å²) in [5.74, 6) is 0.523. The van der Waals surface area contributed by atoms with Crippen molar-refractivity contribution in [1.82, 2.24) is 19.6 Å². The second-order valence-corrected chi connectivity index (χ2v) is 7.25. The first-order valence-corrected chi connectivity index (χ1v) is 9.80. The van der Waals surface area contributed by atoms with Gasteiger partial charge < -0.3 is 5.32 Å². The maximum Gasteiger partial charge on any atom is 0.277 e. The predicted molar refractivity (Wildman–Crippen MR) is 112 cm³/mol. The van der Waals surface area contributed by atoms with Crippen LogP contribution in [0.3, 0.4) is 0 Å². The molecule has 0 saturated heterocycles. The molecule has 0 fully saturated rings. The number of benzene rings is 2. The third-order valence-corrected chi connectivity index (χ3v) is 5.26. The van der Waals surface area contributed by atoms with E-state index in [1.54, 1.807) is 4.68 Å². The van der Waals surface area contributed by atoms with Crippen LogP contribution >= 0.6 is 0 Å². The third kappa shape index (κ3) is 3.12. The number of rotatable bonds is 4. The van der Waals surface area contributed by atoms with Crippen molar-refractivity contribution in [1.29, 1.82) is 0 Å². The molecule has 0 saturated carbocycles. The molecule has 6 nitrogen and oxygen atoms in total. The first-order chi connectivity index (χ1) is 14.2. The molecule has 0 bridgehead atoms. The summed E-state index contributed by atoms with van der Waals surface area (Å²) in [6.45, 7) is 1.95. The van der Waals surface area contributed by atoms with Crippen LogP contribution < -0.4 is 5.32 Å². The highest BCUT2D eigenvalue weighted by Crippen LogP contribution is 2.31. The molecule has 0 aliphatic heterocycles. The molecule has 2 heterocycles. The van der Waals surface area contributed by atoms with Gasteiger partial charge in [-0.25, -0.2) is 9.36 Å². The number of nitrogens with one attached hydrogen (secondary N) is 1. The molecule has 144 valence electrons. The quantitative estimate of drug-likeness (QED) is 0.577. The van der Waals surface area contributed by atoms with E-state index in [9.17, 15) is 4.79 Å². The van der Waals surface area contributed by atoms with Crippen molar-refractivity contribution in [2.45, 2.75) is 26.2 Å². The lowest BCUT2D eigenvalue weighted by Crippen LogP contribution is -2.17. The Morgan fingerprint density at radius 2 is 1.55 bits per heavy atom. The lowest BCUT2D eigenvalue weighted by Gasteiger charge is -2.10. The van der Waals surface area contributed by atoms with Crippen molar-refractivity contribution in [2.24, 2.45) is 0 Å². The normalized spacial score (nSPS) is 12.7. The summed E-state index contributed by atoms with van der Waals surface area (Å²) >= 11 is 0. The van der Waals surface area contributed by atoms with Gasteiger partial charge in [0.2, 0.25) is 0 Å².